The Balaban J connectivity index is 1.60. The van der Waals surface area contributed by atoms with E-state index in [0.717, 1.165) is 11.3 Å². The van der Waals surface area contributed by atoms with Gasteiger partial charge in [-0.2, -0.15) is 0 Å². The molecule has 3 aromatic rings. The van der Waals surface area contributed by atoms with E-state index in [2.05, 4.69) is 15.6 Å². The van der Waals surface area contributed by atoms with E-state index in [1.165, 1.54) is 6.07 Å². The Labute approximate surface area is 158 Å². The van der Waals surface area contributed by atoms with Crippen LogP contribution in [0.25, 0.3) is 0 Å². The van der Waals surface area contributed by atoms with E-state index in [0.29, 0.717) is 18.7 Å². The smallest absolute Gasteiger partial charge is 0.221 e. The number of rotatable bonds is 8. The van der Waals surface area contributed by atoms with Gasteiger partial charge >= 0.3 is 0 Å². The molecule has 4 nitrogen and oxygen atoms in total. The Bertz CT molecular complexity index is 856. The molecule has 0 aliphatic carbocycles. The fourth-order valence-electron chi connectivity index (χ4n) is 2.98. The lowest BCUT2D eigenvalue weighted by Crippen LogP contribution is -2.30. The van der Waals surface area contributed by atoms with Gasteiger partial charge in [-0.25, -0.2) is 4.39 Å². The highest BCUT2D eigenvalue weighted by atomic mass is 19.1. The van der Waals surface area contributed by atoms with Gasteiger partial charge in [0.05, 0.1) is 5.69 Å². The summed E-state index contributed by atoms with van der Waals surface area (Å²) >= 11 is 0. The summed E-state index contributed by atoms with van der Waals surface area (Å²) in [7, 11) is 0. The predicted molar refractivity (Wildman–Crippen MR) is 105 cm³/mol. The molecule has 1 unspecified atom stereocenters. The molecule has 1 heterocycles. The van der Waals surface area contributed by atoms with E-state index in [9.17, 15) is 9.18 Å². The van der Waals surface area contributed by atoms with Crippen molar-refractivity contribution in [3.63, 3.8) is 0 Å². The number of amides is 1. The molecule has 1 atom stereocenters. The molecule has 0 spiro atoms. The third-order valence-electron chi connectivity index (χ3n) is 4.31. The topological polar surface area (TPSA) is 54.0 Å². The number of halogens is 1. The van der Waals surface area contributed by atoms with Crippen molar-refractivity contribution in [1.29, 1.82) is 0 Å². The summed E-state index contributed by atoms with van der Waals surface area (Å²) in [5.74, 6) is -0.726. The van der Waals surface area contributed by atoms with Crippen molar-refractivity contribution in [2.24, 2.45) is 0 Å². The van der Waals surface area contributed by atoms with Gasteiger partial charge in [-0.1, -0.05) is 48.5 Å². The van der Waals surface area contributed by atoms with Gasteiger partial charge in [-0.05, 0) is 29.3 Å². The van der Waals surface area contributed by atoms with Crippen LogP contribution in [0.5, 0.6) is 0 Å². The molecule has 2 aromatic carbocycles. The first-order chi connectivity index (χ1) is 13.2. The van der Waals surface area contributed by atoms with Gasteiger partial charge in [0.25, 0.3) is 0 Å². The Kier molecular flexibility index (Phi) is 6.52. The van der Waals surface area contributed by atoms with Gasteiger partial charge in [0.15, 0.2) is 0 Å². The van der Waals surface area contributed by atoms with Crippen molar-refractivity contribution in [1.82, 2.24) is 10.3 Å². The van der Waals surface area contributed by atoms with Crippen LogP contribution in [0.15, 0.2) is 79.1 Å². The Morgan fingerprint density at radius 2 is 1.74 bits per heavy atom. The first-order valence-electron chi connectivity index (χ1n) is 8.94. The van der Waals surface area contributed by atoms with Crippen LogP contribution in [0, 0.1) is 5.82 Å². The molecule has 0 aliphatic rings. The van der Waals surface area contributed by atoms with Crippen molar-refractivity contribution in [2.75, 3.05) is 18.4 Å². The van der Waals surface area contributed by atoms with Crippen LogP contribution in [0.3, 0.4) is 0 Å². The average Bonchev–Trinajstić information content (AvgIpc) is 2.71. The van der Waals surface area contributed by atoms with Crippen LogP contribution in [-0.4, -0.2) is 24.0 Å². The number of nitrogens with one attached hydrogen (secondary N) is 2. The first kappa shape index (κ1) is 18.6. The highest BCUT2D eigenvalue weighted by Gasteiger charge is 2.20. The lowest BCUT2D eigenvalue weighted by molar-refractivity contribution is -0.121. The van der Waals surface area contributed by atoms with Gasteiger partial charge in [0, 0.05) is 37.8 Å². The monoisotopic (exact) mass is 363 g/mol. The summed E-state index contributed by atoms with van der Waals surface area (Å²) in [4.78, 5) is 16.5. The third kappa shape index (κ3) is 5.38. The van der Waals surface area contributed by atoms with Gasteiger partial charge < -0.3 is 10.6 Å². The molecule has 5 heteroatoms. The van der Waals surface area contributed by atoms with Crippen molar-refractivity contribution in [3.05, 3.63) is 96.1 Å². The molecule has 27 heavy (non-hydrogen) atoms. The summed E-state index contributed by atoms with van der Waals surface area (Å²) < 4.78 is 14.3. The highest BCUT2D eigenvalue weighted by molar-refractivity contribution is 5.77. The van der Waals surface area contributed by atoms with E-state index in [1.807, 2.05) is 42.5 Å². The number of carbonyl (C=O) groups excluding carboxylic acids is 1. The summed E-state index contributed by atoms with van der Waals surface area (Å²) in [5.41, 5.74) is 2.36. The summed E-state index contributed by atoms with van der Waals surface area (Å²) in [6, 6.07) is 19.9. The minimum Gasteiger partial charge on any atom is -0.382 e. The third-order valence-corrected chi connectivity index (χ3v) is 4.31. The van der Waals surface area contributed by atoms with Crippen molar-refractivity contribution < 1.29 is 9.18 Å². The zero-order valence-electron chi connectivity index (χ0n) is 14.9. The summed E-state index contributed by atoms with van der Waals surface area (Å²) in [5, 5.41) is 6.09. The standard InChI is InChI=1S/C22H22FN3O/c23-21-11-5-4-10-19(21)20(17-7-2-1-3-8-17)15-22(27)26-14-13-25-18-9-6-12-24-16-18/h1-12,16,20,25H,13-15H2,(H,26,27). The zero-order chi connectivity index (χ0) is 18.9. The maximum atomic E-state index is 14.3. The van der Waals surface area contributed by atoms with Crippen LogP contribution >= 0.6 is 0 Å². The van der Waals surface area contributed by atoms with E-state index in [1.54, 1.807) is 30.6 Å². The lowest BCUT2D eigenvalue weighted by atomic mass is 9.88. The number of aromatic nitrogens is 1. The summed E-state index contributed by atoms with van der Waals surface area (Å²) in [6.07, 6.45) is 3.63. The molecule has 0 bridgehead atoms. The second kappa shape index (κ2) is 9.48. The number of hydrogen-bond acceptors (Lipinski definition) is 3. The second-order valence-electron chi connectivity index (χ2n) is 6.21. The molecular formula is C22H22FN3O. The Morgan fingerprint density at radius 3 is 2.48 bits per heavy atom. The molecule has 0 saturated heterocycles. The molecule has 0 aliphatic heterocycles. The zero-order valence-corrected chi connectivity index (χ0v) is 14.9. The maximum absolute atomic E-state index is 14.3. The fourth-order valence-corrected chi connectivity index (χ4v) is 2.98. The van der Waals surface area contributed by atoms with E-state index in [4.69, 9.17) is 0 Å². The number of nitrogens with zero attached hydrogens (tertiary/aromatic N) is 1. The maximum Gasteiger partial charge on any atom is 0.221 e. The van der Waals surface area contributed by atoms with E-state index >= 15 is 0 Å². The largest absolute Gasteiger partial charge is 0.382 e. The van der Waals surface area contributed by atoms with Gasteiger partial charge in [-0.15, -0.1) is 0 Å². The number of hydrogen-bond donors (Lipinski definition) is 2. The van der Waals surface area contributed by atoms with Crippen LogP contribution in [0.2, 0.25) is 0 Å². The quantitative estimate of drug-likeness (QED) is 0.596. The molecule has 0 saturated carbocycles. The molecule has 1 aromatic heterocycles. The van der Waals surface area contributed by atoms with E-state index < -0.39 is 0 Å². The summed E-state index contributed by atoms with van der Waals surface area (Å²) in [6.45, 7) is 1.07. The van der Waals surface area contributed by atoms with Gasteiger partial charge in [-0.3, -0.25) is 9.78 Å². The minimum absolute atomic E-state index is 0.111. The van der Waals surface area contributed by atoms with Crippen molar-refractivity contribution in [3.8, 4) is 0 Å². The van der Waals surface area contributed by atoms with Gasteiger partial charge in [0.1, 0.15) is 5.82 Å². The Morgan fingerprint density at radius 1 is 0.963 bits per heavy atom. The van der Waals surface area contributed by atoms with Crippen molar-refractivity contribution in [2.45, 2.75) is 12.3 Å². The Hall–Kier alpha value is -3.21. The van der Waals surface area contributed by atoms with Crippen LogP contribution in [0.4, 0.5) is 10.1 Å². The molecule has 0 radical (unpaired) electrons. The SMILES string of the molecule is O=C(CC(c1ccccc1)c1ccccc1F)NCCNc1cccnc1. The first-order valence-corrected chi connectivity index (χ1v) is 8.94. The number of carbonyl (C=O) groups is 1. The fraction of sp³-hybridized carbons (Fsp3) is 0.182. The molecule has 3 rings (SSSR count). The predicted octanol–water partition coefficient (Wildman–Crippen LogP) is 3.97. The van der Waals surface area contributed by atoms with Crippen molar-refractivity contribution >= 4 is 11.6 Å². The number of pyridine rings is 1. The molecule has 0 fully saturated rings. The number of benzene rings is 2. The van der Waals surface area contributed by atoms with Crippen LogP contribution in [0.1, 0.15) is 23.5 Å². The molecule has 1 amide bonds. The minimum atomic E-state index is -0.321. The van der Waals surface area contributed by atoms with Gasteiger partial charge in [0.2, 0.25) is 5.91 Å². The van der Waals surface area contributed by atoms with Crippen LogP contribution < -0.4 is 10.6 Å². The van der Waals surface area contributed by atoms with E-state index in [-0.39, 0.29) is 24.1 Å². The normalized spacial score (nSPS) is 11.6. The molecule has 138 valence electrons. The number of anilines is 1. The average molecular weight is 363 g/mol. The van der Waals surface area contributed by atoms with Crippen LogP contribution in [-0.2, 0) is 4.79 Å². The highest BCUT2D eigenvalue weighted by Crippen LogP contribution is 2.29. The molecular weight excluding hydrogens is 341 g/mol. The lowest BCUT2D eigenvalue weighted by Gasteiger charge is -2.18. The second-order valence-corrected chi connectivity index (χ2v) is 6.21. The molecule has 2 N–H and O–H groups in total.